The number of thiol groups is 2. The molecular weight excluding hydrogens is 449 g/mol. The molecule has 0 fully saturated rings. The maximum atomic E-state index is 13.2. The molecule has 2 heterocycles. The molecular formula is C20H13F3N4O2S2. The number of ketones is 1. The van der Waals surface area contributed by atoms with Crippen molar-refractivity contribution < 1.29 is 22.8 Å². The van der Waals surface area contributed by atoms with Crippen molar-refractivity contribution >= 4 is 42.9 Å². The van der Waals surface area contributed by atoms with Gasteiger partial charge in [0.1, 0.15) is 11.7 Å². The summed E-state index contributed by atoms with van der Waals surface area (Å²) in [6.45, 7) is 0. The Morgan fingerprint density at radius 2 is 1.90 bits per heavy atom. The number of hydrogen-bond donors (Lipinski definition) is 2. The van der Waals surface area contributed by atoms with Crippen molar-refractivity contribution in [3.8, 4) is 6.07 Å². The van der Waals surface area contributed by atoms with Gasteiger partial charge in [0, 0.05) is 28.8 Å². The fraction of sp³-hybridized carbons (Fsp3) is 0.200. The Kier molecular flexibility index (Phi) is 5.23. The van der Waals surface area contributed by atoms with Crippen LogP contribution in [0.15, 0.2) is 52.7 Å². The van der Waals surface area contributed by atoms with Crippen molar-refractivity contribution in [3.05, 3.63) is 64.6 Å². The van der Waals surface area contributed by atoms with Gasteiger partial charge in [-0.1, -0.05) is 18.9 Å². The quantitative estimate of drug-likeness (QED) is 0.634. The van der Waals surface area contributed by atoms with Crippen LogP contribution in [0.3, 0.4) is 0 Å². The summed E-state index contributed by atoms with van der Waals surface area (Å²) < 4.78 is 40.4. The van der Waals surface area contributed by atoms with Crippen molar-refractivity contribution in [2.24, 2.45) is 0 Å². The largest absolute Gasteiger partial charge is 0.433 e. The van der Waals surface area contributed by atoms with E-state index < -0.39 is 23.9 Å². The van der Waals surface area contributed by atoms with Crippen LogP contribution in [-0.2, 0) is 11.0 Å². The summed E-state index contributed by atoms with van der Waals surface area (Å²) >= 11 is 8.69. The number of rotatable bonds is 2. The molecule has 2 aliphatic rings. The van der Waals surface area contributed by atoms with Crippen LogP contribution in [0.4, 0.5) is 23.7 Å². The number of hydrogen-bond acceptors (Lipinski definition) is 6. The molecule has 1 aromatic heterocycles. The van der Waals surface area contributed by atoms with E-state index >= 15 is 0 Å². The summed E-state index contributed by atoms with van der Waals surface area (Å²) in [4.78, 5) is 30.7. The number of carbonyl (C=O) groups excluding carboxylic acids is 2. The molecule has 1 atom stereocenters. The van der Waals surface area contributed by atoms with Gasteiger partial charge in [0.15, 0.2) is 5.78 Å². The van der Waals surface area contributed by atoms with E-state index in [-0.39, 0.29) is 29.9 Å². The van der Waals surface area contributed by atoms with E-state index in [9.17, 15) is 22.8 Å². The molecule has 0 saturated heterocycles. The summed E-state index contributed by atoms with van der Waals surface area (Å²) in [5.74, 6) is -0.237. The second kappa shape index (κ2) is 7.62. The van der Waals surface area contributed by atoms with Gasteiger partial charge in [0.05, 0.1) is 17.3 Å². The molecule has 1 aliphatic heterocycles. The summed E-state index contributed by atoms with van der Waals surface area (Å²) in [6, 6.07) is 7.05. The highest BCUT2D eigenvalue weighted by molar-refractivity contribution is 7.80. The van der Waals surface area contributed by atoms with Gasteiger partial charge in [-0.15, -0.1) is 12.6 Å². The summed E-state index contributed by atoms with van der Waals surface area (Å²) in [5.41, 5.74) is 0.215. The van der Waals surface area contributed by atoms with Crippen molar-refractivity contribution in [1.82, 2.24) is 9.29 Å². The van der Waals surface area contributed by atoms with Crippen LogP contribution in [0.5, 0.6) is 0 Å². The normalized spacial score (nSPS) is 19.0. The van der Waals surface area contributed by atoms with Crippen LogP contribution in [-0.4, -0.2) is 21.1 Å². The molecule has 1 aromatic carbocycles. The lowest BCUT2D eigenvalue weighted by molar-refractivity contribution is -0.141. The fourth-order valence-corrected chi connectivity index (χ4v) is 4.43. The average Bonchev–Trinajstić information content (AvgIpc) is 3.10. The molecule has 0 bridgehead atoms. The highest BCUT2D eigenvalue weighted by atomic mass is 32.1. The molecule has 1 unspecified atom stereocenters. The topological polar surface area (TPSA) is 77.3 Å². The molecule has 2 amide bonds. The highest BCUT2D eigenvalue weighted by Crippen LogP contribution is 2.47. The van der Waals surface area contributed by atoms with E-state index in [4.69, 9.17) is 5.26 Å². The molecule has 11 heteroatoms. The maximum Gasteiger partial charge on any atom is 0.433 e. The number of nitrogens with zero attached hydrogens (tertiary/aromatic N) is 4. The molecule has 0 saturated carbocycles. The SMILES string of the molecule is N#Cc1ccc(C2C3=C(CCC3=O)N(c3ccnc(C(F)(F)F)c3)C(=O)N2S)c(S)c1. The number of alkyl halides is 3. The Hall–Kier alpha value is -2.97. The van der Waals surface area contributed by atoms with Crippen LogP contribution >= 0.6 is 25.4 Å². The molecule has 2 aromatic rings. The first-order valence-corrected chi connectivity index (χ1v) is 9.83. The number of halogens is 3. The second-order valence-electron chi connectivity index (χ2n) is 6.93. The number of carbonyl (C=O) groups is 2. The molecule has 0 radical (unpaired) electrons. The van der Waals surface area contributed by atoms with Gasteiger partial charge in [-0.05, 0) is 36.2 Å². The lowest BCUT2D eigenvalue weighted by atomic mass is 9.94. The van der Waals surface area contributed by atoms with Gasteiger partial charge in [-0.25, -0.2) is 4.79 Å². The number of Topliss-reactive ketones (excluding diaryl/α,β-unsaturated/α-hetero) is 1. The fourth-order valence-electron chi connectivity index (χ4n) is 3.77. The van der Waals surface area contributed by atoms with Gasteiger partial charge in [-0.3, -0.25) is 19.0 Å². The Morgan fingerprint density at radius 1 is 1.16 bits per heavy atom. The van der Waals surface area contributed by atoms with Crippen LogP contribution in [0.25, 0.3) is 0 Å². The summed E-state index contributed by atoms with van der Waals surface area (Å²) in [7, 11) is 0. The zero-order valence-corrected chi connectivity index (χ0v) is 17.4. The number of nitriles is 1. The van der Waals surface area contributed by atoms with Gasteiger partial charge in [0.2, 0.25) is 0 Å². The average molecular weight is 462 g/mol. The molecule has 158 valence electrons. The Bertz CT molecular complexity index is 1190. The third kappa shape index (κ3) is 3.55. The van der Waals surface area contributed by atoms with Gasteiger partial charge in [-0.2, -0.15) is 18.4 Å². The Morgan fingerprint density at radius 3 is 2.55 bits per heavy atom. The van der Waals surface area contributed by atoms with Crippen molar-refractivity contribution in [2.75, 3.05) is 4.90 Å². The number of allylic oxidation sites excluding steroid dienone is 1. The van der Waals surface area contributed by atoms with Gasteiger partial charge in [0.25, 0.3) is 0 Å². The van der Waals surface area contributed by atoms with Crippen molar-refractivity contribution in [3.63, 3.8) is 0 Å². The number of aromatic nitrogens is 1. The summed E-state index contributed by atoms with van der Waals surface area (Å²) in [6.07, 6.45) is -3.42. The first-order chi connectivity index (χ1) is 14.6. The Labute approximate surface area is 185 Å². The summed E-state index contributed by atoms with van der Waals surface area (Å²) in [5, 5.41) is 9.07. The first-order valence-electron chi connectivity index (χ1n) is 8.98. The molecule has 0 spiro atoms. The number of urea groups is 1. The predicted octanol–water partition coefficient (Wildman–Crippen LogP) is 4.71. The van der Waals surface area contributed by atoms with E-state index in [1.54, 1.807) is 6.07 Å². The van der Waals surface area contributed by atoms with Crippen LogP contribution < -0.4 is 4.90 Å². The zero-order chi connectivity index (χ0) is 22.5. The predicted molar refractivity (Wildman–Crippen MR) is 110 cm³/mol. The van der Waals surface area contributed by atoms with E-state index in [1.165, 1.54) is 18.2 Å². The van der Waals surface area contributed by atoms with Gasteiger partial charge >= 0.3 is 12.2 Å². The minimum Gasteiger partial charge on any atom is -0.294 e. The van der Waals surface area contributed by atoms with Crippen LogP contribution in [0.1, 0.15) is 35.7 Å². The van der Waals surface area contributed by atoms with Crippen molar-refractivity contribution in [2.45, 2.75) is 30.0 Å². The van der Waals surface area contributed by atoms with Gasteiger partial charge < -0.3 is 0 Å². The van der Waals surface area contributed by atoms with E-state index in [0.29, 0.717) is 21.7 Å². The third-order valence-corrected chi connectivity index (χ3v) is 5.91. The zero-order valence-electron chi connectivity index (χ0n) is 15.6. The molecule has 1 aliphatic carbocycles. The lowest BCUT2D eigenvalue weighted by Gasteiger charge is -2.39. The first kappa shape index (κ1) is 21.3. The number of anilines is 1. The molecule has 6 nitrogen and oxygen atoms in total. The smallest absolute Gasteiger partial charge is 0.294 e. The molecule has 31 heavy (non-hydrogen) atoms. The van der Waals surface area contributed by atoms with E-state index in [0.717, 1.165) is 21.5 Å². The molecule has 0 N–H and O–H groups in total. The lowest BCUT2D eigenvalue weighted by Crippen LogP contribution is -2.45. The Balaban J connectivity index is 1.88. The number of pyridine rings is 1. The standard InChI is InChI=1S/C20H13F3N4O2S2/c21-20(22,23)16-8-11(5-6-25-16)26-13-3-4-14(28)17(13)18(27(31)19(26)29)12-2-1-10(9-24)7-15(12)30/h1-2,5-8,18,30-31H,3-4H2. The number of benzene rings is 1. The van der Waals surface area contributed by atoms with E-state index in [2.05, 4.69) is 30.4 Å². The monoisotopic (exact) mass is 462 g/mol. The highest BCUT2D eigenvalue weighted by Gasteiger charge is 2.46. The van der Waals surface area contributed by atoms with E-state index in [1.807, 2.05) is 6.07 Å². The minimum atomic E-state index is -4.69. The maximum absolute atomic E-state index is 13.2. The second-order valence-corrected chi connectivity index (χ2v) is 7.84. The van der Waals surface area contributed by atoms with Crippen molar-refractivity contribution in [1.29, 1.82) is 5.26 Å². The molecule has 4 rings (SSSR count). The van der Waals surface area contributed by atoms with Crippen LogP contribution in [0.2, 0.25) is 0 Å². The third-order valence-electron chi connectivity index (χ3n) is 5.12. The minimum absolute atomic E-state index is 0.0575. The van der Waals surface area contributed by atoms with Crippen LogP contribution in [0, 0.1) is 11.3 Å². The number of amides is 2.